The zero-order valence-corrected chi connectivity index (χ0v) is 14.0. The molecule has 1 N–H and O–H groups in total. The number of hydrogen-bond donors (Lipinski definition) is 1. The van der Waals surface area contributed by atoms with Crippen molar-refractivity contribution in [3.05, 3.63) is 48.0 Å². The Kier molecular flexibility index (Phi) is 4.98. The van der Waals surface area contributed by atoms with E-state index in [0.717, 1.165) is 31.1 Å². The van der Waals surface area contributed by atoms with Crippen LogP contribution in [-0.4, -0.2) is 35.9 Å². The number of imidazole rings is 1. The molecule has 1 fully saturated rings. The van der Waals surface area contributed by atoms with E-state index in [1.165, 1.54) is 5.56 Å². The van der Waals surface area contributed by atoms with Gasteiger partial charge in [-0.3, -0.25) is 0 Å². The van der Waals surface area contributed by atoms with E-state index in [9.17, 15) is 0 Å². The van der Waals surface area contributed by atoms with Crippen LogP contribution in [-0.2, 0) is 11.8 Å². The van der Waals surface area contributed by atoms with Crippen LogP contribution in [0.3, 0.4) is 0 Å². The predicted octanol–water partition coefficient (Wildman–Crippen LogP) is 2.65. The molecule has 0 aliphatic carbocycles. The second-order valence-electron chi connectivity index (χ2n) is 6.17. The van der Waals surface area contributed by atoms with Gasteiger partial charge in [0.15, 0.2) is 0 Å². The molecule has 1 saturated heterocycles. The van der Waals surface area contributed by atoms with Crippen molar-refractivity contribution in [2.24, 2.45) is 7.05 Å². The van der Waals surface area contributed by atoms with Crippen LogP contribution < -0.4 is 10.1 Å². The summed E-state index contributed by atoms with van der Waals surface area (Å²) in [5.41, 5.74) is 1.31. The summed E-state index contributed by atoms with van der Waals surface area (Å²) in [6, 6.07) is 8.61. The van der Waals surface area contributed by atoms with Crippen molar-refractivity contribution in [2.75, 3.05) is 20.3 Å². The third kappa shape index (κ3) is 3.57. The lowest BCUT2D eigenvalue weighted by molar-refractivity contribution is 0.0894. The molecule has 0 spiro atoms. The summed E-state index contributed by atoms with van der Waals surface area (Å²) in [5, 5.41) is 3.66. The van der Waals surface area contributed by atoms with Gasteiger partial charge in [0.1, 0.15) is 17.7 Å². The quantitative estimate of drug-likeness (QED) is 0.890. The number of aryl methyl sites for hydroxylation is 1. The first-order valence-electron chi connectivity index (χ1n) is 8.15. The molecular weight excluding hydrogens is 290 g/mol. The number of benzene rings is 1. The molecule has 1 aromatic heterocycles. The minimum atomic E-state index is 0.0399. The standard InChI is InChI=1S/C18H25N3O2/c1-13(14-4-6-15(22-3)7-5-14)12-20-16-8-11-23-17(16)18-19-9-10-21(18)2/h4-7,9-10,13,16-17,20H,8,11-12H2,1-3H3/t13-,16+,17+/m1/s1. The van der Waals surface area contributed by atoms with E-state index in [1.54, 1.807) is 7.11 Å². The van der Waals surface area contributed by atoms with E-state index < -0.39 is 0 Å². The average Bonchev–Trinajstić information content (AvgIpc) is 3.20. The number of ether oxygens (including phenoxy) is 2. The Balaban J connectivity index is 1.59. The second kappa shape index (κ2) is 7.15. The van der Waals surface area contributed by atoms with Crippen molar-refractivity contribution in [1.29, 1.82) is 0 Å². The highest BCUT2D eigenvalue weighted by Gasteiger charge is 2.32. The topological polar surface area (TPSA) is 48.3 Å². The Morgan fingerprint density at radius 3 is 2.83 bits per heavy atom. The molecule has 0 unspecified atom stereocenters. The second-order valence-corrected chi connectivity index (χ2v) is 6.17. The SMILES string of the molecule is COc1ccc([C@H](C)CN[C@H]2CCO[C@@H]2c2nccn2C)cc1. The maximum absolute atomic E-state index is 5.90. The largest absolute Gasteiger partial charge is 0.497 e. The highest BCUT2D eigenvalue weighted by atomic mass is 16.5. The lowest BCUT2D eigenvalue weighted by Gasteiger charge is -2.22. The molecule has 23 heavy (non-hydrogen) atoms. The summed E-state index contributed by atoms with van der Waals surface area (Å²) in [6.45, 7) is 3.94. The number of aromatic nitrogens is 2. The smallest absolute Gasteiger partial charge is 0.139 e. The van der Waals surface area contributed by atoms with Crippen LogP contribution in [0.5, 0.6) is 5.75 Å². The van der Waals surface area contributed by atoms with Gasteiger partial charge in [0, 0.05) is 38.6 Å². The summed E-state index contributed by atoms with van der Waals surface area (Å²) < 4.78 is 13.2. The van der Waals surface area contributed by atoms with Gasteiger partial charge in [-0.15, -0.1) is 0 Å². The number of nitrogens with one attached hydrogen (secondary N) is 1. The number of methoxy groups -OCH3 is 1. The number of hydrogen-bond acceptors (Lipinski definition) is 4. The van der Waals surface area contributed by atoms with E-state index in [1.807, 2.05) is 36.1 Å². The Morgan fingerprint density at radius 2 is 2.17 bits per heavy atom. The molecule has 5 heteroatoms. The van der Waals surface area contributed by atoms with Gasteiger partial charge in [0.2, 0.25) is 0 Å². The number of rotatable bonds is 6. The maximum Gasteiger partial charge on any atom is 0.139 e. The van der Waals surface area contributed by atoms with Crippen molar-refractivity contribution in [1.82, 2.24) is 14.9 Å². The van der Waals surface area contributed by atoms with E-state index in [-0.39, 0.29) is 6.10 Å². The molecule has 2 heterocycles. The Hall–Kier alpha value is -1.85. The summed E-state index contributed by atoms with van der Waals surface area (Å²) in [4.78, 5) is 4.44. The first-order chi connectivity index (χ1) is 11.2. The molecule has 0 saturated carbocycles. The summed E-state index contributed by atoms with van der Waals surface area (Å²) in [7, 11) is 3.71. The minimum Gasteiger partial charge on any atom is -0.497 e. The highest BCUT2D eigenvalue weighted by molar-refractivity contribution is 5.29. The van der Waals surface area contributed by atoms with Crippen LogP contribution in [0.25, 0.3) is 0 Å². The Labute approximate surface area is 137 Å². The van der Waals surface area contributed by atoms with Crippen LogP contribution in [0.15, 0.2) is 36.7 Å². The van der Waals surface area contributed by atoms with Crippen LogP contribution >= 0.6 is 0 Å². The van der Waals surface area contributed by atoms with Crippen molar-refractivity contribution in [3.8, 4) is 5.75 Å². The Bertz CT molecular complexity index is 623. The Morgan fingerprint density at radius 1 is 1.39 bits per heavy atom. The lowest BCUT2D eigenvalue weighted by atomic mass is 10.00. The van der Waals surface area contributed by atoms with Crippen molar-refractivity contribution < 1.29 is 9.47 Å². The molecule has 3 rings (SSSR count). The zero-order chi connectivity index (χ0) is 16.2. The summed E-state index contributed by atoms with van der Waals surface area (Å²) in [6.07, 6.45) is 4.85. The molecule has 0 bridgehead atoms. The van der Waals surface area contributed by atoms with E-state index in [0.29, 0.717) is 12.0 Å². The summed E-state index contributed by atoms with van der Waals surface area (Å²) >= 11 is 0. The van der Waals surface area contributed by atoms with Crippen LogP contribution in [0, 0.1) is 0 Å². The molecular formula is C18H25N3O2. The van der Waals surface area contributed by atoms with Gasteiger partial charge in [-0.1, -0.05) is 19.1 Å². The van der Waals surface area contributed by atoms with Gasteiger partial charge < -0.3 is 19.4 Å². The lowest BCUT2D eigenvalue weighted by Crippen LogP contribution is -2.35. The first-order valence-corrected chi connectivity index (χ1v) is 8.15. The molecule has 1 aliphatic heterocycles. The summed E-state index contributed by atoms with van der Waals surface area (Å²) in [5.74, 6) is 2.33. The van der Waals surface area contributed by atoms with Crippen LogP contribution in [0.4, 0.5) is 0 Å². The molecule has 1 aliphatic rings. The zero-order valence-electron chi connectivity index (χ0n) is 14.0. The van der Waals surface area contributed by atoms with Gasteiger partial charge in [0.05, 0.1) is 7.11 Å². The van der Waals surface area contributed by atoms with Crippen LogP contribution in [0.2, 0.25) is 0 Å². The fraction of sp³-hybridized carbons (Fsp3) is 0.500. The maximum atomic E-state index is 5.90. The highest BCUT2D eigenvalue weighted by Crippen LogP contribution is 2.28. The molecule has 3 atom stereocenters. The van der Waals surface area contributed by atoms with Gasteiger partial charge in [0.25, 0.3) is 0 Å². The minimum absolute atomic E-state index is 0.0399. The predicted molar refractivity (Wildman–Crippen MR) is 89.7 cm³/mol. The molecule has 124 valence electrons. The van der Waals surface area contributed by atoms with Gasteiger partial charge in [-0.2, -0.15) is 0 Å². The molecule has 5 nitrogen and oxygen atoms in total. The molecule has 0 amide bonds. The van der Waals surface area contributed by atoms with Gasteiger partial charge in [-0.05, 0) is 30.0 Å². The normalized spacial score (nSPS) is 22.2. The fourth-order valence-corrected chi connectivity index (χ4v) is 3.08. The van der Waals surface area contributed by atoms with Crippen molar-refractivity contribution in [3.63, 3.8) is 0 Å². The molecule has 2 aromatic rings. The van der Waals surface area contributed by atoms with Crippen molar-refractivity contribution in [2.45, 2.75) is 31.4 Å². The van der Waals surface area contributed by atoms with Crippen molar-refractivity contribution >= 4 is 0 Å². The number of nitrogens with zero attached hydrogens (tertiary/aromatic N) is 2. The van der Waals surface area contributed by atoms with Gasteiger partial charge in [-0.25, -0.2) is 4.98 Å². The van der Waals surface area contributed by atoms with E-state index in [2.05, 4.69) is 29.4 Å². The monoisotopic (exact) mass is 315 g/mol. The molecule has 1 aromatic carbocycles. The van der Waals surface area contributed by atoms with E-state index >= 15 is 0 Å². The van der Waals surface area contributed by atoms with E-state index in [4.69, 9.17) is 9.47 Å². The third-order valence-electron chi connectivity index (χ3n) is 4.58. The fourth-order valence-electron chi connectivity index (χ4n) is 3.08. The average molecular weight is 315 g/mol. The third-order valence-corrected chi connectivity index (χ3v) is 4.58. The van der Waals surface area contributed by atoms with Gasteiger partial charge >= 0.3 is 0 Å². The molecule has 0 radical (unpaired) electrons. The van der Waals surface area contributed by atoms with Crippen LogP contribution in [0.1, 0.15) is 36.8 Å². The first kappa shape index (κ1) is 16.0.